The molecule has 0 bridgehead atoms. The van der Waals surface area contributed by atoms with Crippen LogP contribution in [0, 0.1) is 17.2 Å². The maximum Gasteiger partial charge on any atom is 0.127 e. The van der Waals surface area contributed by atoms with Crippen LogP contribution in [0.4, 0.5) is 0 Å². The Morgan fingerprint density at radius 3 is 2.62 bits per heavy atom. The van der Waals surface area contributed by atoms with Crippen molar-refractivity contribution in [3.63, 3.8) is 0 Å². The highest BCUT2D eigenvalue weighted by Crippen LogP contribution is 2.32. The van der Waals surface area contributed by atoms with Crippen LogP contribution in [0.5, 0.6) is 5.75 Å². The van der Waals surface area contributed by atoms with Crippen LogP contribution in [0.3, 0.4) is 0 Å². The summed E-state index contributed by atoms with van der Waals surface area (Å²) in [7, 11) is 0. The van der Waals surface area contributed by atoms with Crippen molar-refractivity contribution in [3.8, 4) is 22.9 Å². The molecule has 3 nitrogen and oxygen atoms in total. The molecular formula is C18H18N2O. The Bertz CT molecular complexity index is 654. The molecule has 0 amide bonds. The first-order valence-electron chi connectivity index (χ1n) is 7.30. The number of nitrogens with one attached hydrogen (secondary N) is 1. The quantitative estimate of drug-likeness (QED) is 0.934. The molecule has 106 valence electrons. The van der Waals surface area contributed by atoms with Crippen molar-refractivity contribution in [2.45, 2.75) is 6.42 Å². The van der Waals surface area contributed by atoms with Crippen molar-refractivity contribution < 1.29 is 4.74 Å². The minimum atomic E-state index is 0.573. The van der Waals surface area contributed by atoms with Gasteiger partial charge in [0, 0.05) is 23.6 Å². The maximum absolute atomic E-state index is 9.27. The van der Waals surface area contributed by atoms with Crippen LogP contribution in [0.25, 0.3) is 11.1 Å². The van der Waals surface area contributed by atoms with E-state index in [0.29, 0.717) is 11.5 Å². The summed E-state index contributed by atoms with van der Waals surface area (Å²) in [6, 6.07) is 17.8. The van der Waals surface area contributed by atoms with E-state index in [-0.39, 0.29) is 0 Å². The zero-order valence-electron chi connectivity index (χ0n) is 11.9. The van der Waals surface area contributed by atoms with Gasteiger partial charge >= 0.3 is 0 Å². The van der Waals surface area contributed by atoms with Gasteiger partial charge in [-0.15, -0.1) is 0 Å². The molecule has 2 aromatic carbocycles. The first-order valence-corrected chi connectivity index (χ1v) is 7.30. The third kappa shape index (κ3) is 3.07. The van der Waals surface area contributed by atoms with Crippen LogP contribution >= 0.6 is 0 Å². The minimum absolute atomic E-state index is 0.573. The SMILES string of the molecule is N#Cc1ccccc1-c1ccccc1OCC1CCNC1. The molecule has 0 saturated carbocycles. The zero-order chi connectivity index (χ0) is 14.5. The molecule has 1 fully saturated rings. The average molecular weight is 278 g/mol. The van der Waals surface area contributed by atoms with E-state index in [1.165, 1.54) is 0 Å². The van der Waals surface area contributed by atoms with Gasteiger partial charge in [-0.3, -0.25) is 0 Å². The lowest BCUT2D eigenvalue weighted by Gasteiger charge is -2.15. The molecule has 0 spiro atoms. The van der Waals surface area contributed by atoms with Gasteiger partial charge in [0.2, 0.25) is 0 Å². The van der Waals surface area contributed by atoms with Gasteiger partial charge in [0.05, 0.1) is 18.2 Å². The first kappa shape index (κ1) is 13.7. The standard InChI is InChI=1S/C18H18N2O/c19-11-15-5-1-2-6-16(15)17-7-3-4-8-18(17)21-13-14-9-10-20-12-14/h1-8,14,20H,9-10,12-13H2. The summed E-state index contributed by atoms with van der Waals surface area (Å²) < 4.78 is 6.03. The molecule has 1 N–H and O–H groups in total. The maximum atomic E-state index is 9.27. The highest BCUT2D eigenvalue weighted by atomic mass is 16.5. The van der Waals surface area contributed by atoms with Crippen LogP contribution in [0.2, 0.25) is 0 Å². The van der Waals surface area contributed by atoms with Crippen molar-refractivity contribution in [1.29, 1.82) is 5.26 Å². The first-order chi connectivity index (χ1) is 10.4. The summed E-state index contributed by atoms with van der Waals surface area (Å²) in [5.74, 6) is 1.43. The van der Waals surface area contributed by atoms with Gasteiger partial charge in [0.25, 0.3) is 0 Å². The second-order valence-electron chi connectivity index (χ2n) is 5.32. The molecule has 1 heterocycles. The average Bonchev–Trinajstić information content (AvgIpc) is 3.06. The van der Waals surface area contributed by atoms with Gasteiger partial charge in [0.1, 0.15) is 5.75 Å². The van der Waals surface area contributed by atoms with E-state index in [2.05, 4.69) is 11.4 Å². The van der Waals surface area contributed by atoms with Crippen LogP contribution in [0.15, 0.2) is 48.5 Å². The number of rotatable bonds is 4. The third-order valence-corrected chi connectivity index (χ3v) is 3.86. The molecule has 1 aliphatic rings. The van der Waals surface area contributed by atoms with E-state index >= 15 is 0 Å². The largest absolute Gasteiger partial charge is 0.493 e. The lowest BCUT2D eigenvalue weighted by Crippen LogP contribution is -2.15. The summed E-state index contributed by atoms with van der Waals surface area (Å²) in [4.78, 5) is 0. The second kappa shape index (κ2) is 6.43. The molecule has 3 heteroatoms. The molecule has 1 unspecified atom stereocenters. The Kier molecular flexibility index (Phi) is 4.18. The topological polar surface area (TPSA) is 45.0 Å². The Labute approximate surface area is 125 Å². The van der Waals surface area contributed by atoms with Gasteiger partial charge < -0.3 is 10.1 Å². The fourth-order valence-corrected chi connectivity index (χ4v) is 2.69. The number of hydrogen-bond donors (Lipinski definition) is 1. The lowest BCUT2D eigenvalue weighted by atomic mass is 9.99. The Morgan fingerprint density at radius 2 is 1.86 bits per heavy atom. The lowest BCUT2D eigenvalue weighted by molar-refractivity contribution is 0.261. The van der Waals surface area contributed by atoms with Crippen LogP contribution in [-0.2, 0) is 0 Å². The Hall–Kier alpha value is -2.31. The summed E-state index contributed by atoms with van der Waals surface area (Å²) in [6.45, 7) is 2.82. The Morgan fingerprint density at radius 1 is 1.10 bits per heavy atom. The summed E-state index contributed by atoms with van der Waals surface area (Å²) >= 11 is 0. The van der Waals surface area contributed by atoms with Gasteiger partial charge in [-0.05, 0) is 25.1 Å². The van der Waals surface area contributed by atoms with E-state index in [0.717, 1.165) is 43.0 Å². The minimum Gasteiger partial charge on any atom is -0.493 e. The molecule has 0 aromatic heterocycles. The molecule has 1 atom stereocenters. The molecule has 1 saturated heterocycles. The monoisotopic (exact) mass is 278 g/mol. The van der Waals surface area contributed by atoms with Gasteiger partial charge in [-0.25, -0.2) is 0 Å². The van der Waals surface area contributed by atoms with Crippen molar-refractivity contribution >= 4 is 0 Å². The van der Waals surface area contributed by atoms with Crippen molar-refractivity contribution in [3.05, 3.63) is 54.1 Å². The smallest absolute Gasteiger partial charge is 0.127 e. The summed E-state index contributed by atoms with van der Waals surface area (Å²) in [6.07, 6.45) is 1.16. The fraction of sp³-hybridized carbons (Fsp3) is 0.278. The number of para-hydroxylation sites is 1. The van der Waals surface area contributed by atoms with Crippen molar-refractivity contribution in [2.24, 2.45) is 5.92 Å². The van der Waals surface area contributed by atoms with Crippen molar-refractivity contribution in [2.75, 3.05) is 19.7 Å². The van der Waals surface area contributed by atoms with Gasteiger partial charge in [-0.2, -0.15) is 5.26 Å². The molecule has 1 aliphatic heterocycles. The highest BCUT2D eigenvalue weighted by molar-refractivity contribution is 5.75. The van der Waals surface area contributed by atoms with Crippen molar-refractivity contribution in [1.82, 2.24) is 5.32 Å². The van der Waals surface area contributed by atoms with Crippen LogP contribution in [0.1, 0.15) is 12.0 Å². The summed E-state index contributed by atoms with van der Waals surface area (Å²) in [5.41, 5.74) is 2.59. The van der Waals surface area contributed by atoms with E-state index in [9.17, 15) is 5.26 Å². The van der Waals surface area contributed by atoms with Crippen LogP contribution < -0.4 is 10.1 Å². The molecular weight excluding hydrogens is 260 g/mol. The summed E-state index contributed by atoms with van der Waals surface area (Å²) in [5, 5.41) is 12.6. The van der Waals surface area contributed by atoms with E-state index in [1.807, 2.05) is 48.5 Å². The predicted molar refractivity (Wildman–Crippen MR) is 83.1 cm³/mol. The van der Waals surface area contributed by atoms with E-state index in [1.54, 1.807) is 0 Å². The number of nitrogens with zero attached hydrogens (tertiary/aromatic N) is 1. The van der Waals surface area contributed by atoms with Gasteiger partial charge in [0.15, 0.2) is 0 Å². The normalized spacial score (nSPS) is 17.4. The molecule has 21 heavy (non-hydrogen) atoms. The number of nitriles is 1. The Balaban J connectivity index is 1.87. The van der Waals surface area contributed by atoms with E-state index < -0.39 is 0 Å². The van der Waals surface area contributed by atoms with Crippen LogP contribution in [-0.4, -0.2) is 19.7 Å². The number of hydrogen-bond acceptors (Lipinski definition) is 3. The fourth-order valence-electron chi connectivity index (χ4n) is 2.69. The third-order valence-electron chi connectivity index (χ3n) is 3.86. The molecule has 3 rings (SSSR count). The van der Waals surface area contributed by atoms with Gasteiger partial charge in [-0.1, -0.05) is 36.4 Å². The molecule has 2 aromatic rings. The number of ether oxygens (including phenoxy) is 1. The molecule has 0 radical (unpaired) electrons. The van der Waals surface area contributed by atoms with E-state index in [4.69, 9.17) is 4.74 Å². The predicted octanol–water partition coefficient (Wildman–Crippen LogP) is 3.21. The molecule has 0 aliphatic carbocycles. The highest BCUT2D eigenvalue weighted by Gasteiger charge is 2.16. The second-order valence-corrected chi connectivity index (χ2v) is 5.32. The zero-order valence-corrected chi connectivity index (χ0v) is 11.9. The number of benzene rings is 2.